The van der Waals surface area contributed by atoms with Crippen LogP contribution in [0.5, 0.6) is 0 Å². The summed E-state index contributed by atoms with van der Waals surface area (Å²) in [5.41, 5.74) is -0.968. The summed E-state index contributed by atoms with van der Waals surface area (Å²) in [5.74, 6) is -1.86. The molecule has 0 radical (unpaired) electrons. The van der Waals surface area contributed by atoms with Crippen LogP contribution in [0.25, 0.3) is 0 Å². The average molecular weight is 299 g/mol. The lowest BCUT2D eigenvalue weighted by Gasteiger charge is -2.21. The zero-order valence-corrected chi connectivity index (χ0v) is 12.5. The molecule has 21 heavy (non-hydrogen) atoms. The van der Waals surface area contributed by atoms with Gasteiger partial charge in [-0.25, -0.2) is 4.79 Å². The summed E-state index contributed by atoms with van der Waals surface area (Å²) in [4.78, 5) is 48.5. The number of amides is 4. The van der Waals surface area contributed by atoms with Crippen molar-refractivity contribution < 1.29 is 24.3 Å². The van der Waals surface area contributed by atoms with Gasteiger partial charge in [0.25, 0.3) is 5.91 Å². The first-order chi connectivity index (χ1) is 9.69. The molecule has 0 bridgehead atoms. The summed E-state index contributed by atoms with van der Waals surface area (Å²) < 4.78 is 0. The van der Waals surface area contributed by atoms with Crippen molar-refractivity contribution in [3.8, 4) is 0 Å². The van der Waals surface area contributed by atoms with Crippen molar-refractivity contribution in [1.29, 1.82) is 0 Å². The van der Waals surface area contributed by atoms with Gasteiger partial charge < -0.3 is 15.3 Å². The van der Waals surface area contributed by atoms with E-state index in [9.17, 15) is 19.2 Å². The van der Waals surface area contributed by atoms with E-state index in [-0.39, 0.29) is 31.3 Å². The predicted octanol–water partition coefficient (Wildman–Crippen LogP) is 0.0301. The van der Waals surface area contributed by atoms with Crippen molar-refractivity contribution in [2.45, 2.75) is 39.2 Å². The molecule has 1 fully saturated rings. The number of nitrogens with zero attached hydrogens (tertiary/aromatic N) is 2. The molecule has 0 saturated carbocycles. The Morgan fingerprint density at radius 2 is 1.95 bits per heavy atom. The molecule has 4 amide bonds. The lowest BCUT2D eigenvalue weighted by molar-refractivity contribution is -0.144. The summed E-state index contributed by atoms with van der Waals surface area (Å²) in [7, 11) is 0. The summed E-state index contributed by atoms with van der Waals surface area (Å²) in [6.07, 6.45) is 0.553. The van der Waals surface area contributed by atoms with Gasteiger partial charge in [0.15, 0.2) is 0 Å². The molecule has 0 spiro atoms. The lowest BCUT2D eigenvalue weighted by atomic mass is 10.1. The number of hydrogen-bond donors (Lipinski definition) is 2. The molecule has 8 heteroatoms. The number of carbonyl (C=O) groups is 4. The Balaban J connectivity index is 2.61. The van der Waals surface area contributed by atoms with Crippen molar-refractivity contribution in [3.63, 3.8) is 0 Å². The summed E-state index contributed by atoms with van der Waals surface area (Å²) in [6.45, 7) is 4.91. The standard InChI is InChI=1S/C13H21N3O5/c1-4-6-15(8-10(18)19)9(17)5-7-16-11(20)13(2,3)14-12(16)21/h4-8H2,1-3H3,(H,14,21)(H,18,19). The number of urea groups is 1. The van der Waals surface area contributed by atoms with Gasteiger partial charge in [-0.3, -0.25) is 19.3 Å². The summed E-state index contributed by atoms with van der Waals surface area (Å²) in [5, 5.41) is 11.3. The third-order valence-corrected chi connectivity index (χ3v) is 3.17. The number of aliphatic carboxylic acids is 1. The highest BCUT2D eigenvalue weighted by Gasteiger charge is 2.44. The minimum atomic E-state index is -1.09. The molecule has 1 aliphatic rings. The second-order valence-electron chi connectivity index (χ2n) is 5.47. The van der Waals surface area contributed by atoms with Gasteiger partial charge in [-0.2, -0.15) is 0 Å². The minimum absolute atomic E-state index is 0.0488. The molecule has 2 N–H and O–H groups in total. The molecule has 8 nitrogen and oxygen atoms in total. The largest absolute Gasteiger partial charge is 0.480 e. The van der Waals surface area contributed by atoms with Crippen LogP contribution in [0.15, 0.2) is 0 Å². The van der Waals surface area contributed by atoms with Crippen molar-refractivity contribution in [2.75, 3.05) is 19.6 Å². The van der Waals surface area contributed by atoms with Gasteiger partial charge in [0.05, 0.1) is 0 Å². The number of carboxylic acid groups (broad SMARTS) is 1. The Bertz CT molecular complexity index is 461. The Labute approximate surface area is 123 Å². The van der Waals surface area contributed by atoms with Crippen LogP contribution in [0, 0.1) is 0 Å². The SMILES string of the molecule is CCCN(CC(=O)O)C(=O)CCN1C(=O)NC(C)(C)C1=O. The van der Waals surface area contributed by atoms with E-state index < -0.39 is 17.5 Å². The first kappa shape index (κ1) is 16.9. The monoisotopic (exact) mass is 299 g/mol. The normalized spacial score (nSPS) is 16.8. The topological polar surface area (TPSA) is 107 Å². The molecular weight excluding hydrogens is 278 g/mol. The van der Waals surface area contributed by atoms with Crippen LogP contribution in [0.2, 0.25) is 0 Å². The zero-order chi connectivity index (χ0) is 16.2. The molecule has 1 rings (SSSR count). The van der Waals surface area contributed by atoms with Crippen LogP contribution in [0.1, 0.15) is 33.6 Å². The van der Waals surface area contributed by atoms with E-state index in [0.717, 1.165) is 4.90 Å². The maximum atomic E-state index is 12.0. The fourth-order valence-electron chi connectivity index (χ4n) is 2.11. The number of carbonyl (C=O) groups excluding carboxylic acids is 3. The predicted molar refractivity (Wildman–Crippen MR) is 73.4 cm³/mol. The molecular formula is C13H21N3O5. The molecule has 1 aliphatic heterocycles. The smallest absolute Gasteiger partial charge is 0.325 e. The summed E-state index contributed by atoms with van der Waals surface area (Å²) in [6, 6.07) is -0.530. The highest BCUT2D eigenvalue weighted by molar-refractivity contribution is 6.06. The zero-order valence-electron chi connectivity index (χ0n) is 12.5. The van der Waals surface area contributed by atoms with Gasteiger partial charge in [0.2, 0.25) is 5.91 Å². The second kappa shape index (κ2) is 6.55. The van der Waals surface area contributed by atoms with E-state index in [1.54, 1.807) is 13.8 Å². The Morgan fingerprint density at radius 3 is 2.38 bits per heavy atom. The Hall–Kier alpha value is -2.12. The maximum absolute atomic E-state index is 12.0. The second-order valence-corrected chi connectivity index (χ2v) is 5.47. The van der Waals surface area contributed by atoms with E-state index in [2.05, 4.69) is 5.32 Å². The van der Waals surface area contributed by atoms with Crippen LogP contribution >= 0.6 is 0 Å². The van der Waals surface area contributed by atoms with E-state index in [4.69, 9.17) is 5.11 Å². The number of imide groups is 1. The van der Waals surface area contributed by atoms with E-state index in [1.165, 1.54) is 4.90 Å². The van der Waals surface area contributed by atoms with Gasteiger partial charge in [-0.05, 0) is 20.3 Å². The Kier molecular flexibility index (Phi) is 5.28. The fourth-order valence-corrected chi connectivity index (χ4v) is 2.11. The third kappa shape index (κ3) is 4.17. The van der Waals surface area contributed by atoms with Crippen LogP contribution in [0.3, 0.4) is 0 Å². The van der Waals surface area contributed by atoms with Crippen LogP contribution < -0.4 is 5.32 Å². The lowest BCUT2D eigenvalue weighted by Crippen LogP contribution is -2.41. The van der Waals surface area contributed by atoms with Crippen LogP contribution in [0.4, 0.5) is 4.79 Å². The van der Waals surface area contributed by atoms with Crippen molar-refractivity contribution in [3.05, 3.63) is 0 Å². The maximum Gasteiger partial charge on any atom is 0.325 e. The molecule has 118 valence electrons. The van der Waals surface area contributed by atoms with Gasteiger partial charge in [-0.1, -0.05) is 6.92 Å². The highest BCUT2D eigenvalue weighted by atomic mass is 16.4. The molecule has 0 atom stereocenters. The molecule has 0 aliphatic carbocycles. The van der Waals surface area contributed by atoms with Crippen molar-refractivity contribution >= 4 is 23.8 Å². The average Bonchev–Trinajstić information content (AvgIpc) is 2.55. The third-order valence-electron chi connectivity index (χ3n) is 3.17. The molecule has 0 aromatic carbocycles. The van der Waals surface area contributed by atoms with E-state index in [0.29, 0.717) is 13.0 Å². The fraction of sp³-hybridized carbons (Fsp3) is 0.692. The first-order valence-electron chi connectivity index (χ1n) is 6.82. The number of rotatable bonds is 7. The quantitative estimate of drug-likeness (QED) is 0.645. The van der Waals surface area contributed by atoms with Gasteiger partial charge in [0.1, 0.15) is 12.1 Å². The van der Waals surface area contributed by atoms with Gasteiger partial charge >= 0.3 is 12.0 Å². The number of hydrogen-bond acceptors (Lipinski definition) is 4. The van der Waals surface area contributed by atoms with Crippen molar-refractivity contribution in [1.82, 2.24) is 15.1 Å². The molecule has 0 aromatic heterocycles. The molecule has 0 unspecified atom stereocenters. The van der Waals surface area contributed by atoms with Crippen LogP contribution in [-0.2, 0) is 14.4 Å². The number of carboxylic acids is 1. The highest BCUT2D eigenvalue weighted by Crippen LogP contribution is 2.16. The Morgan fingerprint density at radius 1 is 1.33 bits per heavy atom. The van der Waals surface area contributed by atoms with Gasteiger partial charge in [0, 0.05) is 19.5 Å². The molecule has 1 heterocycles. The molecule has 1 saturated heterocycles. The first-order valence-corrected chi connectivity index (χ1v) is 6.82. The minimum Gasteiger partial charge on any atom is -0.480 e. The van der Waals surface area contributed by atoms with E-state index >= 15 is 0 Å². The van der Waals surface area contributed by atoms with Crippen molar-refractivity contribution in [2.24, 2.45) is 0 Å². The summed E-state index contributed by atoms with van der Waals surface area (Å²) >= 11 is 0. The molecule has 0 aromatic rings. The van der Waals surface area contributed by atoms with Crippen LogP contribution in [-0.4, -0.2) is 63.9 Å². The van der Waals surface area contributed by atoms with Gasteiger partial charge in [-0.15, -0.1) is 0 Å². The van der Waals surface area contributed by atoms with E-state index in [1.807, 2.05) is 6.92 Å². The number of nitrogens with one attached hydrogen (secondary N) is 1.